The first-order valence-corrected chi connectivity index (χ1v) is 8.65. The van der Waals surface area contributed by atoms with Gasteiger partial charge in [0.2, 0.25) is 0 Å². The van der Waals surface area contributed by atoms with E-state index in [-0.39, 0.29) is 11.9 Å². The lowest BCUT2D eigenvalue weighted by atomic mass is 9.96. The maximum Gasteiger partial charge on any atom is 0.276 e. The van der Waals surface area contributed by atoms with E-state index in [2.05, 4.69) is 29.4 Å². The average Bonchev–Trinajstić information content (AvgIpc) is 3.22. The first-order valence-electron chi connectivity index (χ1n) is 8.65. The second-order valence-electron chi connectivity index (χ2n) is 6.62. The summed E-state index contributed by atoms with van der Waals surface area (Å²) in [7, 11) is 0. The maximum atomic E-state index is 13.0. The number of aryl methyl sites for hydroxylation is 1. The molecule has 0 radical (unpaired) electrons. The van der Waals surface area contributed by atoms with Crippen molar-refractivity contribution in [3.63, 3.8) is 0 Å². The van der Waals surface area contributed by atoms with Crippen LogP contribution in [0, 0.1) is 0 Å². The first-order chi connectivity index (χ1) is 11.3. The molecule has 23 heavy (non-hydrogen) atoms. The molecule has 120 valence electrons. The van der Waals surface area contributed by atoms with Gasteiger partial charge in [-0.25, -0.2) is 0 Å². The number of hydrogen-bond acceptors (Lipinski definition) is 3. The highest BCUT2D eigenvalue weighted by atomic mass is 16.5. The fourth-order valence-electron chi connectivity index (χ4n) is 3.89. The molecule has 1 aromatic heterocycles. The van der Waals surface area contributed by atoms with Gasteiger partial charge in [0.15, 0.2) is 5.69 Å². The van der Waals surface area contributed by atoms with Gasteiger partial charge in [0.25, 0.3) is 5.91 Å². The van der Waals surface area contributed by atoms with Crippen LogP contribution in [0.5, 0.6) is 0 Å². The third-order valence-electron chi connectivity index (χ3n) is 5.10. The van der Waals surface area contributed by atoms with E-state index in [0.717, 1.165) is 62.8 Å². The van der Waals surface area contributed by atoms with Crippen molar-refractivity contribution in [3.8, 4) is 0 Å². The number of benzene rings is 1. The molecule has 0 spiro atoms. The Bertz CT molecular complexity index is 693. The van der Waals surface area contributed by atoms with Crippen LogP contribution in [0.25, 0.3) is 0 Å². The van der Waals surface area contributed by atoms with Crippen LogP contribution in [0.3, 0.4) is 0 Å². The molecule has 0 N–H and O–H groups in total. The minimum absolute atomic E-state index is 0.0651. The molecule has 1 unspecified atom stereocenters. The predicted octanol–water partition coefficient (Wildman–Crippen LogP) is 3.40. The summed E-state index contributed by atoms with van der Waals surface area (Å²) >= 11 is 0. The normalized spacial score (nSPS) is 20.5. The number of carbonyl (C=O) groups excluding carboxylic acids is 1. The van der Waals surface area contributed by atoms with Crippen molar-refractivity contribution < 1.29 is 9.32 Å². The van der Waals surface area contributed by atoms with E-state index in [0.29, 0.717) is 5.69 Å². The van der Waals surface area contributed by atoms with Crippen LogP contribution in [0.2, 0.25) is 0 Å². The highest BCUT2D eigenvalue weighted by Gasteiger charge is 2.33. The van der Waals surface area contributed by atoms with E-state index in [1.165, 1.54) is 5.56 Å². The Morgan fingerprint density at radius 2 is 2.00 bits per heavy atom. The predicted molar refractivity (Wildman–Crippen MR) is 87.3 cm³/mol. The van der Waals surface area contributed by atoms with Crippen molar-refractivity contribution in [3.05, 3.63) is 52.9 Å². The Balaban J connectivity index is 1.54. The number of likely N-dealkylation sites (tertiary alicyclic amines) is 1. The summed E-state index contributed by atoms with van der Waals surface area (Å²) in [5, 5.41) is 4.12. The standard InChI is InChI=1S/C19H22N2O2/c22-19(18-16-10-4-5-11-17(16)23-20-18)21-12-6-9-15(21)13-14-7-2-1-3-8-14/h1-3,7-8,15H,4-6,9-13H2. The van der Waals surface area contributed by atoms with E-state index in [1.807, 2.05) is 11.0 Å². The minimum atomic E-state index is 0.0651. The van der Waals surface area contributed by atoms with Crippen molar-refractivity contribution >= 4 is 5.91 Å². The van der Waals surface area contributed by atoms with Gasteiger partial charge >= 0.3 is 0 Å². The maximum absolute atomic E-state index is 13.0. The monoisotopic (exact) mass is 310 g/mol. The number of hydrogen-bond donors (Lipinski definition) is 0. The first kappa shape index (κ1) is 14.5. The molecular weight excluding hydrogens is 288 g/mol. The summed E-state index contributed by atoms with van der Waals surface area (Å²) in [5.41, 5.74) is 2.92. The SMILES string of the molecule is O=C(c1noc2c1CCCC2)N1CCCC1Cc1ccccc1. The van der Waals surface area contributed by atoms with Gasteiger partial charge in [-0.05, 0) is 44.1 Å². The van der Waals surface area contributed by atoms with Gasteiger partial charge in [-0.2, -0.15) is 0 Å². The molecule has 2 aliphatic rings. The molecule has 1 aliphatic heterocycles. The van der Waals surface area contributed by atoms with E-state index < -0.39 is 0 Å². The molecule has 4 heteroatoms. The van der Waals surface area contributed by atoms with Crippen molar-refractivity contribution in [1.82, 2.24) is 10.1 Å². The second kappa shape index (κ2) is 6.19. The van der Waals surface area contributed by atoms with E-state index in [1.54, 1.807) is 0 Å². The Morgan fingerprint density at radius 3 is 2.87 bits per heavy atom. The fourth-order valence-corrected chi connectivity index (χ4v) is 3.89. The Kier molecular flexibility index (Phi) is 3.90. The van der Waals surface area contributed by atoms with Crippen LogP contribution in [-0.2, 0) is 19.3 Å². The summed E-state index contributed by atoms with van der Waals surface area (Å²) in [6.45, 7) is 0.831. The van der Waals surface area contributed by atoms with Gasteiger partial charge in [0, 0.05) is 24.6 Å². The Morgan fingerprint density at radius 1 is 1.17 bits per heavy atom. The molecule has 1 aromatic carbocycles. The summed E-state index contributed by atoms with van der Waals surface area (Å²) in [4.78, 5) is 15.0. The summed E-state index contributed by atoms with van der Waals surface area (Å²) in [6.07, 6.45) is 7.18. The lowest BCUT2D eigenvalue weighted by Gasteiger charge is -2.24. The van der Waals surface area contributed by atoms with Crippen LogP contribution < -0.4 is 0 Å². The molecule has 1 amide bonds. The van der Waals surface area contributed by atoms with E-state index in [9.17, 15) is 4.79 Å². The molecule has 0 saturated carbocycles. The number of fused-ring (bicyclic) bond motifs is 1. The fraction of sp³-hybridized carbons (Fsp3) is 0.474. The number of carbonyl (C=O) groups is 1. The van der Waals surface area contributed by atoms with Crippen LogP contribution >= 0.6 is 0 Å². The molecule has 4 rings (SSSR count). The highest BCUT2D eigenvalue weighted by Crippen LogP contribution is 2.28. The smallest absolute Gasteiger partial charge is 0.276 e. The molecule has 0 bridgehead atoms. The van der Waals surface area contributed by atoms with Crippen molar-refractivity contribution in [2.45, 2.75) is 51.0 Å². The second-order valence-corrected chi connectivity index (χ2v) is 6.62. The molecule has 1 fully saturated rings. The van der Waals surface area contributed by atoms with Gasteiger partial charge in [0.05, 0.1) is 0 Å². The number of aromatic nitrogens is 1. The van der Waals surface area contributed by atoms with Crippen LogP contribution in [0.15, 0.2) is 34.9 Å². The average molecular weight is 310 g/mol. The van der Waals surface area contributed by atoms with Gasteiger partial charge in [-0.15, -0.1) is 0 Å². The zero-order chi connectivity index (χ0) is 15.6. The largest absolute Gasteiger partial charge is 0.360 e. The summed E-state index contributed by atoms with van der Waals surface area (Å²) in [5.74, 6) is 0.994. The van der Waals surface area contributed by atoms with Crippen LogP contribution in [0.4, 0.5) is 0 Å². The Labute approximate surface area is 136 Å². The van der Waals surface area contributed by atoms with E-state index >= 15 is 0 Å². The quantitative estimate of drug-likeness (QED) is 0.873. The van der Waals surface area contributed by atoms with Gasteiger partial charge in [-0.1, -0.05) is 35.5 Å². The zero-order valence-corrected chi connectivity index (χ0v) is 13.3. The van der Waals surface area contributed by atoms with Crippen LogP contribution in [0.1, 0.15) is 53.1 Å². The van der Waals surface area contributed by atoms with Gasteiger partial charge in [-0.3, -0.25) is 4.79 Å². The molecule has 1 atom stereocenters. The lowest BCUT2D eigenvalue weighted by Crippen LogP contribution is -2.37. The Hall–Kier alpha value is -2.10. The highest BCUT2D eigenvalue weighted by molar-refractivity contribution is 5.94. The zero-order valence-electron chi connectivity index (χ0n) is 13.3. The third-order valence-corrected chi connectivity index (χ3v) is 5.10. The molecule has 2 aromatic rings. The van der Waals surface area contributed by atoms with Crippen LogP contribution in [-0.4, -0.2) is 28.6 Å². The molecular formula is C19H22N2O2. The number of nitrogens with zero attached hydrogens (tertiary/aromatic N) is 2. The van der Waals surface area contributed by atoms with Crippen molar-refractivity contribution in [2.24, 2.45) is 0 Å². The third kappa shape index (κ3) is 2.78. The number of rotatable bonds is 3. The minimum Gasteiger partial charge on any atom is -0.360 e. The topological polar surface area (TPSA) is 46.3 Å². The lowest BCUT2D eigenvalue weighted by molar-refractivity contribution is 0.0725. The number of amides is 1. The van der Waals surface area contributed by atoms with Gasteiger partial charge in [0.1, 0.15) is 5.76 Å². The van der Waals surface area contributed by atoms with Gasteiger partial charge < -0.3 is 9.42 Å². The van der Waals surface area contributed by atoms with Crippen molar-refractivity contribution in [2.75, 3.05) is 6.54 Å². The molecule has 1 aliphatic carbocycles. The summed E-state index contributed by atoms with van der Waals surface area (Å²) in [6, 6.07) is 10.7. The van der Waals surface area contributed by atoms with Crippen molar-refractivity contribution in [1.29, 1.82) is 0 Å². The van der Waals surface area contributed by atoms with E-state index in [4.69, 9.17) is 4.52 Å². The summed E-state index contributed by atoms with van der Waals surface area (Å²) < 4.78 is 5.42. The molecule has 1 saturated heterocycles. The molecule has 2 heterocycles. The molecule has 4 nitrogen and oxygen atoms in total.